The summed E-state index contributed by atoms with van der Waals surface area (Å²) in [6.07, 6.45) is 1.92. The van der Waals surface area contributed by atoms with Gasteiger partial charge in [0, 0.05) is 11.6 Å². The Hall–Kier alpha value is -1.24. The molecule has 0 radical (unpaired) electrons. The standard InChI is InChI=1S/C12H17N/c1-5-9(3)12-10(4)6-8(2)7-11(12)13/h5-7,9H,1,13H2,2-4H3/t9-/m0/s1. The molecule has 0 spiro atoms. The molecule has 1 rings (SSSR count). The summed E-state index contributed by atoms with van der Waals surface area (Å²) in [6, 6.07) is 4.17. The number of nitrogen functional groups attached to an aromatic ring is 1. The lowest BCUT2D eigenvalue weighted by Gasteiger charge is -2.14. The van der Waals surface area contributed by atoms with Crippen molar-refractivity contribution in [2.75, 3.05) is 5.73 Å². The van der Waals surface area contributed by atoms with Crippen molar-refractivity contribution < 1.29 is 0 Å². The quantitative estimate of drug-likeness (QED) is 0.542. The van der Waals surface area contributed by atoms with Gasteiger partial charge in [-0.05, 0) is 36.6 Å². The Morgan fingerprint density at radius 2 is 2.00 bits per heavy atom. The van der Waals surface area contributed by atoms with Crippen LogP contribution in [0.1, 0.15) is 29.5 Å². The van der Waals surface area contributed by atoms with Crippen molar-refractivity contribution in [3.63, 3.8) is 0 Å². The van der Waals surface area contributed by atoms with Crippen LogP contribution >= 0.6 is 0 Å². The number of benzene rings is 1. The van der Waals surface area contributed by atoms with E-state index in [1.807, 2.05) is 12.1 Å². The minimum Gasteiger partial charge on any atom is -0.398 e. The Morgan fingerprint density at radius 1 is 1.38 bits per heavy atom. The van der Waals surface area contributed by atoms with Gasteiger partial charge in [-0.25, -0.2) is 0 Å². The highest BCUT2D eigenvalue weighted by molar-refractivity contribution is 5.55. The van der Waals surface area contributed by atoms with Crippen LogP contribution in [0.25, 0.3) is 0 Å². The maximum atomic E-state index is 5.95. The molecule has 0 saturated carbocycles. The number of hydrogen-bond donors (Lipinski definition) is 1. The van der Waals surface area contributed by atoms with Gasteiger partial charge in [0.2, 0.25) is 0 Å². The monoisotopic (exact) mass is 175 g/mol. The molecule has 0 bridgehead atoms. The highest BCUT2D eigenvalue weighted by Crippen LogP contribution is 2.27. The number of allylic oxidation sites excluding steroid dienone is 1. The second kappa shape index (κ2) is 3.65. The highest BCUT2D eigenvalue weighted by Gasteiger charge is 2.08. The third kappa shape index (κ3) is 1.92. The Balaban J connectivity index is 3.28. The smallest absolute Gasteiger partial charge is 0.0357 e. The molecule has 0 aliphatic rings. The summed E-state index contributed by atoms with van der Waals surface area (Å²) in [5.41, 5.74) is 10.5. The van der Waals surface area contributed by atoms with E-state index in [-0.39, 0.29) is 0 Å². The summed E-state index contributed by atoms with van der Waals surface area (Å²) in [5.74, 6) is 0.334. The van der Waals surface area contributed by atoms with Crippen LogP contribution in [-0.2, 0) is 0 Å². The Labute approximate surface area is 80.3 Å². The normalized spacial score (nSPS) is 12.5. The number of anilines is 1. The summed E-state index contributed by atoms with van der Waals surface area (Å²) in [4.78, 5) is 0. The fraction of sp³-hybridized carbons (Fsp3) is 0.333. The molecule has 0 amide bonds. The first-order valence-corrected chi connectivity index (χ1v) is 4.55. The van der Waals surface area contributed by atoms with E-state index in [1.54, 1.807) is 0 Å². The third-order valence-corrected chi connectivity index (χ3v) is 2.37. The number of hydrogen-bond acceptors (Lipinski definition) is 1. The molecule has 0 aliphatic carbocycles. The van der Waals surface area contributed by atoms with Crippen molar-refractivity contribution in [2.45, 2.75) is 26.7 Å². The van der Waals surface area contributed by atoms with Crippen molar-refractivity contribution in [3.8, 4) is 0 Å². The van der Waals surface area contributed by atoms with Gasteiger partial charge in [0.1, 0.15) is 0 Å². The van der Waals surface area contributed by atoms with Crippen molar-refractivity contribution in [3.05, 3.63) is 41.5 Å². The van der Waals surface area contributed by atoms with E-state index >= 15 is 0 Å². The summed E-state index contributed by atoms with van der Waals surface area (Å²) >= 11 is 0. The first kappa shape index (κ1) is 9.85. The molecule has 0 unspecified atom stereocenters. The van der Waals surface area contributed by atoms with Crippen LogP contribution in [0, 0.1) is 13.8 Å². The average Bonchev–Trinajstić information content (AvgIpc) is 2.02. The number of rotatable bonds is 2. The Kier molecular flexibility index (Phi) is 2.76. The summed E-state index contributed by atoms with van der Waals surface area (Å²) in [5, 5.41) is 0. The van der Waals surface area contributed by atoms with Gasteiger partial charge in [0.05, 0.1) is 0 Å². The lowest BCUT2D eigenvalue weighted by atomic mass is 9.93. The lowest BCUT2D eigenvalue weighted by Crippen LogP contribution is -2.00. The van der Waals surface area contributed by atoms with Crippen molar-refractivity contribution in [1.82, 2.24) is 0 Å². The van der Waals surface area contributed by atoms with E-state index < -0.39 is 0 Å². The zero-order valence-electron chi connectivity index (χ0n) is 8.59. The van der Waals surface area contributed by atoms with Crippen LogP contribution in [-0.4, -0.2) is 0 Å². The van der Waals surface area contributed by atoms with Gasteiger partial charge in [0.25, 0.3) is 0 Å². The van der Waals surface area contributed by atoms with E-state index in [1.165, 1.54) is 16.7 Å². The van der Waals surface area contributed by atoms with Crippen LogP contribution in [0.15, 0.2) is 24.8 Å². The number of nitrogens with two attached hydrogens (primary N) is 1. The van der Waals surface area contributed by atoms with Gasteiger partial charge in [-0.2, -0.15) is 0 Å². The first-order chi connectivity index (χ1) is 6.06. The van der Waals surface area contributed by atoms with Gasteiger partial charge in [-0.15, -0.1) is 6.58 Å². The molecule has 1 atom stereocenters. The zero-order chi connectivity index (χ0) is 10.0. The van der Waals surface area contributed by atoms with E-state index in [0.717, 1.165) is 5.69 Å². The van der Waals surface area contributed by atoms with E-state index in [2.05, 4.69) is 33.4 Å². The van der Waals surface area contributed by atoms with Crippen LogP contribution < -0.4 is 5.73 Å². The predicted molar refractivity (Wildman–Crippen MR) is 58.9 cm³/mol. The molecule has 70 valence electrons. The van der Waals surface area contributed by atoms with Crippen LogP contribution in [0.2, 0.25) is 0 Å². The Morgan fingerprint density at radius 3 is 2.46 bits per heavy atom. The largest absolute Gasteiger partial charge is 0.398 e. The van der Waals surface area contributed by atoms with Gasteiger partial charge in [-0.1, -0.05) is 19.1 Å². The molecule has 0 heterocycles. The molecule has 1 nitrogen and oxygen atoms in total. The predicted octanol–water partition coefficient (Wildman–Crippen LogP) is 3.18. The second-order valence-corrected chi connectivity index (χ2v) is 3.61. The zero-order valence-corrected chi connectivity index (χ0v) is 8.59. The molecular weight excluding hydrogens is 158 g/mol. The maximum absolute atomic E-state index is 5.95. The van der Waals surface area contributed by atoms with Crippen molar-refractivity contribution >= 4 is 5.69 Å². The molecule has 1 aromatic rings. The summed E-state index contributed by atoms with van der Waals surface area (Å²) < 4.78 is 0. The van der Waals surface area contributed by atoms with E-state index in [4.69, 9.17) is 5.73 Å². The lowest BCUT2D eigenvalue weighted by molar-refractivity contribution is 0.958. The minimum atomic E-state index is 0.334. The van der Waals surface area contributed by atoms with E-state index in [9.17, 15) is 0 Å². The Bertz CT molecular complexity index is 303. The molecule has 0 saturated heterocycles. The van der Waals surface area contributed by atoms with Gasteiger partial charge in [0.15, 0.2) is 0 Å². The van der Waals surface area contributed by atoms with Crippen molar-refractivity contribution in [2.24, 2.45) is 0 Å². The maximum Gasteiger partial charge on any atom is 0.0357 e. The topological polar surface area (TPSA) is 26.0 Å². The van der Waals surface area contributed by atoms with E-state index in [0.29, 0.717) is 5.92 Å². The molecule has 13 heavy (non-hydrogen) atoms. The third-order valence-electron chi connectivity index (χ3n) is 2.37. The second-order valence-electron chi connectivity index (χ2n) is 3.61. The van der Waals surface area contributed by atoms with Gasteiger partial charge < -0.3 is 5.73 Å². The molecular formula is C12H17N. The average molecular weight is 175 g/mol. The first-order valence-electron chi connectivity index (χ1n) is 4.55. The summed E-state index contributed by atoms with van der Waals surface area (Å²) in [6.45, 7) is 10.1. The van der Waals surface area contributed by atoms with Crippen LogP contribution in [0.5, 0.6) is 0 Å². The fourth-order valence-corrected chi connectivity index (χ4v) is 1.75. The van der Waals surface area contributed by atoms with Crippen LogP contribution in [0.3, 0.4) is 0 Å². The minimum absolute atomic E-state index is 0.334. The highest BCUT2D eigenvalue weighted by atomic mass is 14.6. The fourth-order valence-electron chi connectivity index (χ4n) is 1.75. The van der Waals surface area contributed by atoms with Gasteiger partial charge >= 0.3 is 0 Å². The molecule has 0 fully saturated rings. The SMILES string of the molecule is C=C[C@H](C)c1c(C)cc(C)cc1N. The molecule has 2 N–H and O–H groups in total. The molecule has 1 heteroatoms. The molecule has 0 aromatic heterocycles. The van der Waals surface area contributed by atoms with Crippen molar-refractivity contribution in [1.29, 1.82) is 0 Å². The number of aryl methyl sites for hydroxylation is 2. The molecule has 1 aromatic carbocycles. The summed E-state index contributed by atoms with van der Waals surface area (Å²) in [7, 11) is 0. The van der Waals surface area contributed by atoms with Gasteiger partial charge in [-0.3, -0.25) is 0 Å². The molecule has 0 aliphatic heterocycles. The van der Waals surface area contributed by atoms with Crippen LogP contribution in [0.4, 0.5) is 5.69 Å².